The molecule has 0 radical (unpaired) electrons. The largest absolute Gasteiger partial charge is 1.00 e. The molecule has 0 saturated heterocycles. The van der Waals surface area contributed by atoms with Crippen LogP contribution in [0, 0.1) is 0 Å². The number of hydrogen-bond acceptors (Lipinski definition) is 2. The van der Waals surface area contributed by atoms with Crippen molar-refractivity contribution in [2.24, 2.45) is 0 Å². The zero-order valence-corrected chi connectivity index (χ0v) is 10.9. The fourth-order valence-corrected chi connectivity index (χ4v) is 1.36. The normalized spacial score (nSPS) is 9.08. The summed E-state index contributed by atoms with van der Waals surface area (Å²) < 4.78 is 0.636. The van der Waals surface area contributed by atoms with Gasteiger partial charge in [-0.1, -0.05) is 31.0 Å². The van der Waals surface area contributed by atoms with Gasteiger partial charge in [-0.2, -0.15) is 0 Å². The number of hydrogen-bond donors (Lipinski definition) is 0. The molecule has 0 bridgehead atoms. The van der Waals surface area contributed by atoms with Crippen molar-refractivity contribution < 1.29 is 17.1 Å². The quantitative estimate of drug-likeness (QED) is 0.414. The van der Waals surface area contributed by atoms with Crippen LogP contribution in [0.15, 0.2) is 0 Å². The maximum Gasteiger partial charge on any atom is 1.00 e. The van der Waals surface area contributed by atoms with Crippen molar-refractivity contribution in [2.75, 3.05) is 13.1 Å². The molecule has 1 nitrogen and oxygen atoms in total. The molecule has 0 aromatic heterocycles. The first-order chi connectivity index (χ1) is 5.72. The zero-order chi connectivity index (χ0) is 9.40. The zero-order valence-electron chi connectivity index (χ0n) is 8.31. The van der Waals surface area contributed by atoms with Crippen molar-refractivity contribution in [1.29, 1.82) is 0 Å². The smallest absolute Gasteiger partial charge is 0.411 e. The Kier molecular flexibility index (Phi) is 13.2. The van der Waals surface area contributed by atoms with Crippen molar-refractivity contribution >= 4 is 29.2 Å². The molecule has 82 valence electrons. The molecule has 0 spiro atoms. The van der Waals surface area contributed by atoms with Gasteiger partial charge in [0.1, 0.15) is 0 Å². The molecular weight excluding hydrogens is 250 g/mol. The van der Waals surface area contributed by atoms with Crippen molar-refractivity contribution in [3.8, 4) is 0 Å². The minimum Gasteiger partial charge on any atom is -0.411 e. The van der Waals surface area contributed by atoms with Gasteiger partial charge in [0.05, 0.1) is 0 Å². The number of thiocarbonyl (C=S) groups is 1. The van der Waals surface area contributed by atoms with Crippen LogP contribution in [0.3, 0.4) is 0 Å². The molecule has 0 atom stereocenters. The van der Waals surface area contributed by atoms with Crippen LogP contribution in [0.1, 0.15) is 39.5 Å². The standard InChI is InChI=1S/C9H19NS2.Cu/c1-3-5-7-10(9(11)12)8-6-4-2;/h3-8H2,1-2H3,(H,11,12);/q;+1/p-1. The van der Waals surface area contributed by atoms with Gasteiger partial charge in [0.25, 0.3) is 0 Å². The van der Waals surface area contributed by atoms with Crippen LogP contribution in [0.5, 0.6) is 0 Å². The summed E-state index contributed by atoms with van der Waals surface area (Å²) in [5, 5.41) is 0. The van der Waals surface area contributed by atoms with E-state index in [0.29, 0.717) is 4.32 Å². The van der Waals surface area contributed by atoms with Crippen LogP contribution < -0.4 is 0 Å². The molecule has 0 N–H and O–H groups in total. The topological polar surface area (TPSA) is 3.24 Å². The summed E-state index contributed by atoms with van der Waals surface area (Å²) in [5.41, 5.74) is 0. The van der Waals surface area contributed by atoms with Gasteiger partial charge in [0.15, 0.2) is 0 Å². The second kappa shape index (κ2) is 10.7. The predicted molar refractivity (Wildman–Crippen MR) is 61.4 cm³/mol. The SMILES string of the molecule is CCCCN(CCCC)C(=S)[S-].[Cu+]. The first kappa shape index (κ1) is 16.1. The summed E-state index contributed by atoms with van der Waals surface area (Å²) in [7, 11) is 0. The average molecular weight is 268 g/mol. The molecule has 0 saturated carbocycles. The van der Waals surface area contributed by atoms with Crippen molar-refractivity contribution in [1.82, 2.24) is 4.90 Å². The van der Waals surface area contributed by atoms with Crippen LogP contribution in [-0.4, -0.2) is 22.3 Å². The van der Waals surface area contributed by atoms with E-state index in [1.54, 1.807) is 0 Å². The van der Waals surface area contributed by atoms with Crippen LogP contribution in [0.2, 0.25) is 0 Å². The van der Waals surface area contributed by atoms with E-state index in [2.05, 4.69) is 18.7 Å². The van der Waals surface area contributed by atoms with E-state index >= 15 is 0 Å². The van der Waals surface area contributed by atoms with Gasteiger partial charge >= 0.3 is 17.1 Å². The Hall–Kier alpha value is 0.629. The minimum absolute atomic E-state index is 0. The fraction of sp³-hybridized carbons (Fsp3) is 0.889. The van der Waals surface area contributed by atoms with Crippen molar-refractivity contribution in [2.45, 2.75) is 39.5 Å². The van der Waals surface area contributed by atoms with Gasteiger partial charge in [-0.25, -0.2) is 0 Å². The summed E-state index contributed by atoms with van der Waals surface area (Å²) in [6, 6.07) is 0. The second-order valence-corrected chi connectivity index (χ2v) is 3.99. The van der Waals surface area contributed by atoms with Gasteiger partial charge in [-0.05, 0) is 12.8 Å². The summed E-state index contributed by atoms with van der Waals surface area (Å²) in [6.07, 6.45) is 4.81. The molecule has 0 unspecified atom stereocenters. The summed E-state index contributed by atoms with van der Waals surface area (Å²) in [6.45, 7) is 6.45. The molecule has 0 fully saturated rings. The Bertz CT molecular complexity index is 123. The number of nitrogens with zero attached hydrogens (tertiary/aromatic N) is 1. The molecule has 0 amide bonds. The molecule has 0 aliphatic carbocycles. The van der Waals surface area contributed by atoms with Gasteiger partial charge in [0, 0.05) is 13.1 Å². The summed E-state index contributed by atoms with van der Waals surface area (Å²) in [4.78, 5) is 2.14. The van der Waals surface area contributed by atoms with E-state index in [1.807, 2.05) is 0 Å². The van der Waals surface area contributed by atoms with Crippen LogP contribution >= 0.6 is 12.2 Å². The molecule has 13 heavy (non-hydrogen) atoms. The van der Waals surface area contributed by atoms with Gasteiger partial charge in [-0.3, -0.25) is 0 Å². The van der Waals surface area contributed by atoms with E-state index in [4.69, 9.17) is 24.8 Å². The first-order valence-electron chi connectivity index (χ1n) is 4.68. The first-order valence-corrected chi connectivity index (χ1v) is 5.50. The molecule has 0 aromatic rings. The van der Waals surface area contributed by atoms with E-state index < -0.39 is 0 Å². The third-order valence-electron chi connectivity index (χ3n) is 1.82. The Labute approximate surface area is 104 Å². The summed E-state index contributed by atoms with van der Waals surface area (Å²) >= 11 is 9.97. The second-order valence-electron chi connectivity index (χ2n) is 2.96. The third-order valence-corrected chi connectivity index (χ3v) is 2.34. The predicted octanol–water partition coefficient (Wildman–Crippen LogP) is 2.72. The van der Waals surface area contributed by atoms with Crippen LogP contribution in [-0.2, 0) is 29.7 Å². The molecule has 0 aliphatic rings. The van der Waals surface area contributed by atoms with Crippen molar-refractivity contribution in [3.63, 3.8) is 0 Å². The van der Waals surface area contributed by atoms with Crippen LogP contribution in [0.4, 0.5) is 0 Å². The molecule has 0 heterocycles. The maximum atomic E-state index is 4.98. The van der Waals surface area contributed by atoms with E-state index in [-0.39, 0.29) is 17.1 Å². The Morgan fingerprint density at radius 3 is 1.77 bits per heavy atom. The van der Waals surface area contributed by atoms with Crippen molar-refractivity contribution in [3.05, 3.63) is 0 Å². The maximum absolute atomic E-state index is 4.98. The Morgan fingerprint density at radius 2 is 1.54 bits per heavy atom. The number of unbranched alkanes of at least 4 members (excludes halogenated alkanes) is 2. The Balaban J connectivity index is 0. The minimum atomic E-state index is 0. The monoisotopic (exact) mass is 267 g/mol. The molecular formula is C9H18CuNS2. The van der Waals surface area contributed by atoms with Gasteiger partial charge in [0.2, 0.25) is 0 Å². The van der Waals surface area contributed by atoms with Gasteiger partial charge in [-0.15, -0.1) is 0 Å². The molecule has 0 rings (SSSR count). The van der Waals surface area contributed by atoms with E-state index in [0.717, 1.165) is 13.1 Å². The molecule has 4 heteroatoms. The van der Waals surface area contributed by atoms with Gasteiger partial charge < -0.3 is 29.7 Å². The summed E-state index contributed by atoms with van der Waals surface area (Å²) in [5.74, 6) is 0. The molecule has 0 aliphatic heterocycles. The van der Waals surface area contributed by atoms with E-state index in [9.17, 15) is 0 Å². The number of rotatable bonds is 6. The van der Waals surface area contributed by atoms with Crippen LogP contribution in [0.25, 0.3) is 0 Å². The third kappa shape index (κ3) is 8.95. The Morgan fingerprint density at radius 1 is 1.15 bits per heavy atom. The average Bonchev–Trinajstić information content (AvgIpc) is 2.04. The fourth-order valence-electron chi connectivity index (χ4n) is 0.992. The molecule has 0 aromatic carbocycles. The van der Waals surface area contributed by atoms with E-state index in [1.165, 1.54) is 25.7 Å².